The van der Waals surface area contributed by atoms with E-state index in [2.05, 4.69) is 0 Å². The molecule has 0 aromatic carbocycles. The molecular formula is C7H12N2O2S3. The highest BCUT2D eigenvalue weighted by molar-refractivity contribution is 8.24. The largest absolute Gasteiger partial charge is 0.286 e. The summed E-state index contributed by atoms with van der Waals surface area (Å²) in [7, 11) is 0.934. The number of fused-ring (bicyclic) bond motifs is 1. The van der Waals surface area contributed by atoms with E-state index in [0.29, 0.717) is 0 Å². The zero-order valence-electron chi connectivity index (χ0n) is 8.00. The summed E-state index contributed by atoms with van der Waals surface area (Å²) in [5, 5.41) is 3.92. The second kappa shape index (κ2) is 3.33. The van der Waals surface area contributed by atoms with E-state index in [-0.39, 0.29) is 22.8 Å². The molecule has 2 aliphatic rings. The summed E-state index contributed by atoms with van der Waals surface area (Å²) in [5.74, 6) is 0.510. The fourth-order valence-electron chi connectivity index (χ4n) is 1.92. The van der Waals surface area contributed by atoms with Gasteiger partial charge in [0.25, 0.3) is 0 Å². The van der Waals surface area contributed by atoms with E-state index in [1.807, 2.05) is 24.1 Å². The molecule has 0 saturated carbocycles. The summed E-state index contributed by atoms with van der Waals surface area (Å²) in [6, 6.07) is 0.0486. The van der Waals surface area contributed by atoms with Gasteiger partial charge in [-0.2, -0.15) is 0 Å². The Morgan fingerprint density at radius 3 is 2.71 bits per heavy atom. The Kier molecular flexibility index (Phi) is 2.53. The number of hydrazine groups is 1. The molecule has 2 aliphatic heterocycles. The van der Waals surface area contributed by atoms with E-state index in [1.165, 1.54) is 11.8 Å². The first-order valence-corrected chi connectivity index (χ1v) is 7.39. The van der Waals surface area contributed by atoms with E-state index in [4.69, 9.17) is 12.2 Å². The molecule has 7 heteroatoms. The van der Waals surface area contributed by atoms with Gasteiger partial charge in [-0.1, -0.05) is 24.0 Å². The van der Waals surface area contributed by atoms with Crippen LogP contribution in [-0.4, -0.2) is 59.6 Å². The van der Waals surface area contributed by atoms with E-state index < -0.39 is 9.84 Å². The predicted octanol–water partition coefficient (Wildman–Crippen LogP) is -0.0377. The van der Waals surface area contributed by atoms with Gasteiger partial charge >= 0.3 is 0 Å². The second-order valence-electron chi connectivity index (χ2n) is 3.76. The molecule has 0 radical (unpaired) electrons. The lowest BCUT2D eigenvalue weighted by molar-refractivity contribution is 0.0874. The van der Waals surface area contributed by atoms with Crippen LogP contribution in [0.15, 0.2) is 0 Å². The number of sulfone groups is 1. The molecule has 0 aromatic rings. The van der Waals surface area contributed by atoms with Gasteiger partial charge in [-0.25, -0.2) is 13.4 Å². The van der Waals surface area contributed by atoms with Crippen molar-refractivity contribution in [2.24, 2.45) is 0 Å². The molecule has 0 amide bonds. The van der Waals surface area contributed by atoms with Crippen LogP contribution in [0.5, 0.6) is 0 Å². The molecule has 2 heterocycles. The Bertz CT molecular complexity index is 365. The minimum absolute atomic E-state index is 0.0486. The van der Waals surface area contributed by atoms with Gasteiger partial charge in [0, 0.05) is 19.3 Å². The predicted molar refractivity (Wildman–Crippen MR) is 61.9 cm³/mol. The van der Waals surface area contributed by atoms with E-state index in [9.17, 15) is 8.42 Å². The van der Waals surface area contributed by atoms with Crippen LogP contribution in [-0.2, 0) is 9.84 Å². The molecule has 2 fully saturated rings. The van der Waals surface area contributed by atoms with Crippen molar-refractivity contribution >= 4 is 38.1 Å². The molecule has 2 rings (SSSR count). The molecule has 4 nitrogen and oxygen atoms in total. The van der Waals surface area contributed by atoms with Crippen molar-refractivity contribution in [2.75, 3.05) is 25.6 Å². The van der Waals surface area contributed by atoms with Crippen LogP contribution in [0.1, 0.15) is 0 Å². The van der Waals surface area contributed by atoms with Crippen LogP contribution < -0.4 is 0 Å². The maximum absolute atomic E-state index is 11.4. The van der Waals surface area contributed by atoms with Crippen molar-refractivity contribution in [1.82, 2.24) is 10.0 Å². The highest BCUT2D eigenvalue weighted by Gasteiger charge is 2.48. The topological polar surface area (TPSA) is 40.6 Å². The van der Waals surface area contributed by atoms with Crippen LogP contribution in [0.4, 0.5) is 0 Å². The SMILES string of the molecule is CN(C)N1C(=S)S[C@@H]2CS(=O)(=O)C[C@H]21. The van der Waals surface area contributed by atoms with Crippen LogP contribution in [0.3, 0.4) is 0 Å². The first-order valence-electron chi connectivity index (χ1n) is 4.28. The fraction of sp³-hybridized carbons (Fsp3) is 0.857. The van der Waals surface area contributed by atoms with Crippen LogP contribution in [0.2, 0.25) is 0 Å². The van der Waals surface area contributed by atoms with E-state index >= 15 is 0 Å². The summed E-state index contributed by atoms with van der Waals surface area (Å²) in [6.45, 7) is 0. The Balaban J connectivity index is 2.26. The molecular weight excluding hydrogens is 240 g/mol. The molecule has 80 valence electrons. The van der Waals surface area contributed by atoms with E-state index in [0.717, 1.165) is 4.32 Å². The normalized spacial score (nSPS) is 35.4. The summed E-state index contributed by atoms with van der Waals surface area (Å²) in [4.78, 5) is 0. The molecule has 14 heavy (non-hydrogen) atoms. The standard InChI is InChI=1S/C7H12N2O2S3/c1-8(2)9-5-3-14(10,11)4-6(5)13-7(9)12/h5-6H,3-4H2,1-2H3/t5-,6-/m1/s1. The monoisotopic (exact) mass is 252 g/mol. The van der Waals surface area contributed by atoms with Crippen molar-refractivity contribution in [1.29, 1.82) is 0 Å². The van der Waals surface area contributed by atoms with Crippen LogP contribution in [0.25, 0.3) is 0 Å². The van der Waals surface area contributed by atoms with Crippen molar-refractivity contribution in [3.63, 3.8) is 0 Å². The number of rotatable bonds is 1. The molecule has 2 atom stereocenters. The maximum Gasteiger partial charge on any atom is 0.153 e. The quantitative estimate of drug-likeness (QED) is 0.610. The smallest absolute Gasteiger partial charge is 0.153 e. The first kappa shape index (κ1) is 10.7. The average Bonchev–Trinajstić information content (AvgIpc) is 2.37. The number of thiocarbonyl (C=S) groups is 1. The highest BCUT2D eigenvalue weighted by atomic mass is 32.2. The maximum atomic E-state index is 11.4. The lowest BCUT2D eigenvalue weighted by atomic mass is 10.2. The first-order chi connectivity index (χ1) is 6.41. The minimum Gasteiger partial charge on any atom is -0.286 e. The zero-order chi connectivity index (χ0) is 10.5. The second-order valence-corrected chi connectivity index (χ2v) is 7.79. The number of hydrogen-bond acceptors (Lipinski definition) is 5. The van der Waals surface area contributed by atoms with Gasteiger partial charge < -0.3 is 0 Å². The Hall–Kier alpha value is 0.150. The number of nitrogens with zero attached hydrogens (tertiary/aromatic N) is 2. The zero-order valence-corrected chi connectivity index (χ0v) is 10.5. The third-order valence-corrected chi connectivity index (χ3v) is 6.03. The highest BCUT2D eigenvalue weighted by Crippen LogP contribution is 2.38. The Labute approximate surface area is 93.5 Å². The van der Waals surface area contributed by atoms with Crippen LogP contribution in [0, 0.1) is 0 Å². The molecule has 0 N–H and O–H groups in total. The Morgan fingerprint density at radius 1 is 1.50 bits per heavy atom. The van der Waals surface area contributed by atoms with Gasteiger partial charge in [0.1, 0.15) is 0 Å². The van der Waals surface area contributed by atoms with Gasteiger partial charge in [-0.3, -0.25) is 5.01 Å². The molecule has 0 aliphatic carbocycles. The molecule has 0 unspecified atom stereocenters. The van der Waals surface area contributed by atoms with Gasteiger partial charge in [0.05, 0.1) is 17.5 Å². The number of thioether (sulfide) groups is 1. The van der Waals surface area contributed by atoms with Crippen molar-refractivity contribution in [3.8, 4) is 0 Å². The molecule has 2 saturated heterocycles. The number of hydrogen-bond donors (Lipinski definition) is 0. The lowest BCUT2D eigenvalue weighted by Crippen LogP contribution is -2.45. The fourth-order valence-corrected chi connectivity index (χ4v) is 6.39. The molecule has 0 aromatic heterocycles. The minimum atomic E-state index is -2.84. The van der Waals surface area contributed by atoms with Crippen LogP contribution >= 0.6 is 24.0 Å². The summed E-state index contributed by atoms with van der Waals surface area (Å²) < 4.78 is 23.6. The summed E-state index contributed by atoms with van der Waals surface area (Å²) in [5.41, 5.74) is 0. The van der Waals surface area contributed by atoms with Crippen molar-refractivity contribution < 1.29 is 8.42 Å². The summed E-state index contributed by atoms with van der Waals surface area (Å²) >= 11 is 6.71. The Morgan fingerprint density at radius 2 is 2.14 bits per heavy atom. The average molecular weight is 252 g/mol. The molecule has 0 bridgehead atoms. The van der Waals surface area contributed by atoms with Gasteiger partial charge in [0.2, 0.25) is 0 Å². The van der Waals surface area contributed by atoms with Crippen molar-refractivity contribution in [3.05, 3.63) is 0 Å². The van der Waals surface area contributed by atoms with Crippen molar-refractivity contribution in [2.45, 2.75) is 11.3 Å². The van der Waals surface area contributed by atoms with Gasteiger partial charge in [-0.05, 0) is 0 Å². The van der Waals surface area contributed by atoms with E-state index in [1.54, 1.807) is 0 Å². The lowest BCUT2D eigenvalue weighted by Gasteiger charge is -2.30. The molecule has 0 spiro atoms. The third-order valence-electron chi connectivity index (χ3n) is 2.46. The van der Waals surface area contributed by atoms with Gasteiger partial charge in [0.15, 0.2) is 14.2 Å². The van der Waals surface area contributed by atoms with Gasteiger partial charge in [-0.15, -0.1) is 0 Å². The third kappa shape index (κ3) is 1.66. The summed E-state index contributed by atoms with van der Waals surface area (Å²) in [6.07, 6.45) is 0.